The van der Waals surface area contributed by atoms with E-state index < -0.39 is 0 Å². The van der Waals surface area contributed by atoms with Gasteiger partial charge in [0, 0.05) is 63.3 Å². The van der Waals surface area contributed by atoms with Gasteiger partial charge in [-0.1, -0.05) is 20.8 Å². The topological polar surface area (TPSA) is 43.8 Å². The predicted octanol–water partition coefficient (Wildman–Crippen LogP) is 2.49. The van der Waals surface area contributed by atoms with E-state index in [9.17, 15) is 0 Å². The van der Waals surface area contributed by atoms with Crippen molar-refractivity contribution in [2.24, 2.45) is 10.9 Å². The van der Waals surface area contributed by atoms with E-state index in [1.54, 1.807) is 0 Å². The van der Waals surface area contributed by atoms with Crippen molar-refractivity contribution in [1.82, 2.24) is 20.1 Å². The van der Waals surface area contributed by atoms with Gasteiger partial charge < -0.3 is 10.2 Å². The van der Waals surface area contributed by atoms with Gasteiger partial charge in [0.2, 0.25) is 0 Å². The number of rotatable bonds is 7. The highest BCUT2D eigenvalue weighted by Crippen LogP contribution is 2.14. The number of nitrogens with one attached hydrogen (secondary N) is 1. The van der Waals surface area contributed by atoms with Gasteiger partial charge in [0.15, 0.2) is 5.96 Å². The average Bonchev–Trinajstić information content (AvgIpc) is 3.02. The number of aromatic nitrogens is 1. The molecule has 0 atom stereocenters. The molecule has 0 aromatic carbocycles. The first-order chi connectivity index (χ1) is 11.6. The Morgan fingerprint density at radius 2 is 2.04 bits per heavy atom. The molecule has 1 aliphatic heterocycles. The number of hydrogen-bond acceptors (Lipinski definition) is 4. The Bertz CT molecular complexity index is 503. The normalized spacial score (nSPS) is 16.9. The quantitative estimate of drug-likeness (QED) is 0.605. The first-order valence-corrected chi connectivity index (χ1v) is 10.1. The Labute approximate surface area is 151 Å². The molecule has 0 unspecified atom stereocenters. The van der Waals surface area contributed by atoms with Gasteiger partial charge in [-0.15, -0.1) is 11.3 Å². The molecular weight excluding hydrogens is 318 g/mol. The minimum atomic E-state index is 0.741. The number of thiazole rings is 1. The maximum absolute atomic E-state index is 4.83. The van der Waals surface area contributed by atoms with Crippen molar-refractivity contribution in [2.75, 3.05) is 45.8 Å². The molecule has 6 heteroatoms. The summed E-state index contributed by atoms with van der Waals surface area (Å²) >= 11 is 1.82. The maximum atomic E-state index is 4.83. The van der Waals surface area contributed by atoms with Gasteiger partial charge in [-0.05, 0) is 19.3 Å². The molecule has 2 rings (SSSR count). The predicted molar refractivity (Wildman–Crippen MR) is 104 cm³/mol. The van der Waals surface area contributed by atoms with Crippen LogP contribution in [0.5, 0.6) is 0 Å². The Morgan fingerprint density at radius 1 is 1.29 bits per heavy atom. The fourth-order valence-corrected chi connectivity index (χ4v) is 3.82. The third kappa shape index (κ3) is 6.06. The van der Waals surface area contributed by atoms with Gasteiger partial charge in [0.25, 0.3) is 0 Å². The Morgan fingerprint density at radius 3 is 2.62 bits per heavy atom. The second-order valence-electron chi connectivity index (χ2n) is 6.74. The molecule has 1 fully saturated rings. The summed E-state index contributed by atoms with van der Waals surface area (Å²) in [5, 5.41) is 4.65. The van der Waals surface area contributed by atoms with E-state index in [0.717, 1.165) is 64.0 Å². The van der Waals surface area contributed by atoms with Crippen LogP contribution in [0.2, 0.25) is 0 Å². The first kappa shape index (κ1) is 19.2. The van der Waals surface area contributed by atoms with Crippen molar-refractivity contribution in [3.8, 4) is 0 Å². The van der Waals surface area contributed by atoms with Crippen molar-refractivity contribution in [2.45, 2.75) is 40.5 Å². The third-order valence-corrected chi connectivity index (χ3v) is 5.37. The van der Waals surface area contributed by atoms with Crippen molar-refractivity contribution >= 4 is 17.3 Å². The zero-order chi connectivity index (χ0) is 17.4. The summed E-state index contributed by atoms with van der Waals surface area (Å²) in [6, 6.07) is 0. The van der Waals surface area contributed by atoms with Gasteiger partial charge in [-0.2, -0.15) is 0 Å². The lowest BCUT2D eigenvalue weighted by Crippen LogP contribution is -2.53. The standard InChI is InChI=1S/C18H33N5S/c1-5-16-13-21-17(24-16)7-8-20-18(19-6-2)23-11-9-22(10-12-23)14-15(3)4/h13,15H,5-12,14H2,1-4H3,(H,19,20). The fraction of sp³-hybridized carbons (Fsp3) is 0.778. The fourth-order valence-electron chi connectivity index (χ4n) is 2.97. The second kappa shape index (κ2) is 9.99. The number of guanidine groups is 1. The Kier molecular flexibility index (Phi) is 7.99. The minimum Gasteiger partial charge on any atom is -0.357 e. The molecule has 1 aromatic heterocycles. The zero-order valence-electron chi connectivity index (χ0n) is 15.7. The molecule has 0 amide bonds. The molecule has 2 heterocycles. The molecule has 1 aromatic rings. The van der Waals surface area contributed by atoms with E-state index in [-0.39, 0.29) is 0 Å². The second-order valence-corrected chi connectivity index (χ2v) is 7.94. The molecule has 1 saturated heterocycles. The van der Waals surface area contributed by atoms with Gasteiger partial charge in [0.05, 0.1) is 5.01 Å². The molecule has 0 bridgehead atoms. The van der Waals surface area contributed by atoms with Crippen LogP contribution in [0, 0.1) is 5.92 Å². The van der Waals surface area contributed by atoms with Crippen LogP contribution in [-0.4, -0.2) is 66.6 Å². The Balaban J connectivity index is 1.84. The number of nitrogens with zero attached hydrogens (tertiary/aromatic N) is 4. The number of piperazine rings is 1. The van der Waals surface area contributed by atoms with Crippen LogP contribution in [-0.2, 0) is 12.8 Å². The van der Waals surface area contributed by atoms with Crippen LogP contribution < -0.4 is 5.32 Å². The summed E-state index contributed by atoms with van der Waals surface area (Å²) in [6.45, 7) is 16.2. The summed E-state index contributed by atoms with van der Waals surface area (Å²) in [5.74, 6) is 1.80. The molecule has 136 valence electrons. The van der Waals surface area contributed by atoms with Crippen molar-refractivity contribution < 1.29 is 0 Å². The molecule has 0 spiro atoms. The van der Waals surface area contributed by atoms with E-state index in [1.165, 1.54) is 16.4 Å². The Hall–Kier alpha value is -1.14. The summed E-state index contributed by atoms with van der Waals surface area (Å²) < 4.78 is 0. The summed E-state index contributed by atoms with van der Waals surface area (Å²) in [5.41, 5.74) is 0. The molecule has 24 heavy (non-hydrogen) atoms. The summed E-state index contributed by atoms with van der Waals surface area (Å²) in [6.07, 6.45) is 4.01. The molecule has 0 radical (unpaired) electrons. The monoisotopic (exact) mass is 351 g/mol. The lowest BCUT2D eigenvalue weighted by molar-refractivity contribution is 0.164. The average molecular weight is 352 g/mol. The molecule has 0 aliphatic carbocycles. The number of aryl methyl sites for hydroxylation is 1. The van der Waals surface area contributed by atoms with E-state index in [1.807, 2.05) is 17.5 Å². The van der Waals surface area contributed by atoms with Crippen LogP contribution in [0.4, 0.5) is 0 Å². The van der Waals surface area contributed by atoms with E-state index in [4.69, 9.17) is 4.99 Å². The van der Waals surface area contributed by atoms with Gasteiger partial charge >= 0.3 is 0 Å². The number of aliphatic imine (C=N–C) groups is 1. The number of hydrogen-bond donors (Lipinski definition) is 1. The lowest BCUT2D eigenvalue weighted by Gasteiger charge is -2.37. The maximum Gasteiger partial charge on any atom is 0.194 e. The SMILES string of the molecule is CCNC(=NCCc1ncc(CC)s1)N1CCN(CC(C)C)CC1. The largest absolute Gasteiger partial charge is 0.357 e. The highest BCUT2D eigenvalue weighted by molar-refractivity contribution is 7.11. The van der Waals surface area contributed by atoms with Crippen LogP contribution >= 0.6 is 11.3 Å². The highest BCUT2D eigenvalue weighted by atomic mass is 32.1. The molecule has 1 N–H and O–H groups in total. The van der Waals surface area contributed by atoms with E-state index in [2.05, 4.69) is 47.8 Å². The van der Waals surface area contributed by atoms with Gasteiger partial charge in [-0.25, -0.2) is 4.98 Å². The summed E-state index contributed by atoms with van der Waals surface area (Å²) in [4.78, 5) is 15.6. The van der Waals surface area contributed by atoms with Crippen molar-refractivity contribution in [3.63, 3.8) is 0 Å². The molecule has 1 aliphatic rings. The molecular formula is C18H33N5S. The van der Waals surface area contributed by atoms with Crippen molar-refractivity contribution in [1.29, 1.82) is 0 Å². The van der Waals surface area contributed by atoms with Gasteiger partial charge in [0.1, 0.15) is 0 Å². The lowest BCUT2D eigenvalue weighted by atomic mass is 10.2. The highest BCUT2D eigenvalue weighted by Gasteiger charge is 2.19. The van der Waals surface area contributed by atoms with Crippen LogP contribution in [0.1, 0.15) is 37.6 Å². The smallest absolute Gasteiger partial charge is 0.194 e. The van der Waals surface area contributed by atoms with Crippen molar-refractivity contribution in [3.05, 3.63) is 16.1 Å². The molecule has 0 saturated carbocycles. The van der Waals surface area contributed by atoms with Crippen LogP contribution in [0.15, 0.2) is 11.2 Å². The molecule has 5 nitrogen and oxygen atoms in total. The zero-order valence-corrected chi connectivity index (χ0v) is 16.5. The summed E-state index contributed by atoms with van der Waals surface area (Å²) in [7, 11) is 0. The van der Waals surface area contributed by atoms with Crippen LogP contribution in [0.25, 0.3) is 0 Å². The van der Waals surface area contributed by atoms with Crippen LogP contribution in [0.3, 0.4) is 0 Å². The van der Waals surface area contributed by atoms with E-state index >= 15 is 0 Å². The van der Waals surface area contributed by atoms with E-state index in [0.29, 0.717) is 0 Å². The minimum absolute atomic E-state index is 0.741. The third-order valence-electron chi connectivity index (χ3n) is 4.17. The van der Waals surface area contributed by atoms with Gasteiger partial charge in [-0.3, -0.25) is 9.89 Å². The first-order valence-electron chi connectivity index (χ1n) is 9.31.